The highest BCUT2D eigenvalue weighted by atomic mass is 79.9. The van der Waals surface area contributed by atoms with Gasteiger partial charge in [0.25, 0.3) is 6.43 Å². The predicted octanol–water partition coefficient (Wildman–Crippen LogP) is 2.78. The van der Waals surface area contributed by atoms with Gasteiger partial charge in [0, 0.05) is 9.35 Å². The molecule has 5 heteroatoms. The van der Waals surface area contributed by atoms with Gasteiger partial charge in [-0.1, -0.05) is 0 Å². The van der Waals surface area contributed by atoms with Crippen molar-refractivity contribution < 1.29 is 8.78 Å². The molecule has 0 radical (unpaired) electrons. The molecule has 0 aromatic carbocycles. The highest BCUT2D eigenvalue weighted by molar-refractivity contribution is 9.10. The van der Waals surface area contributed by atoms with Gasteiger partial charge in [0.15, 0.2) is 0 Å². The topological polar surface area (TPSA) is 26.0 Å². The summed E-state index contributed by atoms with van der Waals surface area (Å²) in [4.78, 5) is 0.500. The molecule has 0 aliphatic heterocycles. The number of alkyl halides is 2. The van der Waals surface area contributed by atoms with Gasteiger partial charge in [-0.2, -0.15) is 0 Å². The van der Waals surface area contributed by atoms with Crippen LogP contribution in [0.5, 0.6) is 0 Å². The van der Waals surface area contributed by atoms with Gasteiger partial charge in [0.1, 0.15) is 6.04 Å². The van der Waals surface area contributed by atoms with Crippen LogP contribution in [0.3, 0.4) is 0 Å². The summed E-state index contributed by atoms with van der Waals surface area (Å²) >= 11 is 4.37. The third-order valence-corrected chi connectivity index (χ3v) is 3.19. The van der Waals surface area contributed by atoms with Crippen LogP contribution >= 0.6 is 27.3 Å². The number of hydrogen-bond donors (Lipinski definition) is 1. The second-order valence-electron chi connectivity index (χ2n) is 1.99. The summed E-state index contributed by atoms with van der Waals surface area (Å²) in [5.41, 5.74) is 5.21. The number of halogens is 3. The minimum absolute atomic E-state index is 0.500. The molecule has 1 aromatic heterocycles. The maximum absolute atomic E-state index is 12.0. The van der Waals surface area contributed by atoms with E-state index in [2.05, 4.69) is 15.9 Å². The second-order valence-corrected chi connectivity index (χ2v) is 3.80. The molecule has 1 rings (SSSR count). The third-order valence-electron chi connectivity index (χ3n) is 1.22. The summed E-state index contributed by atoms with van der Waals surface area (Å²) in [6.45, 7) is 0. The summed E-state index contributed by atoms with van der Waals surface area (Å²) in [6, 6.07) is 0.548. The van der Waals surface area contributed by atoms with Crippen LogP contribution in [0.15, 0.2) is 15.9 Å². The number of thiophene rings is 1. The minimum Gasteiger partial charge on any atom is -0.319 e. The molecule has 1 aromatic rings. The molecule has 0 spiro atoms. The number of rotatable bonds is 2. The molecule has 1 nitrogen and oxygen atoms in total. The maximum Gasteiger partial charge on any atom is 0.258 e. The maximum atomic E-state index is 12.0. The van der Waals surface area contributed by atoms with Crippen molar-refractivity contribution >= 4 is 27.3 Å². The van der Waals surface area contributed by atoms with E-state index in [0.717, 1.165) is 0 Å². The SMILES string of the molecule is NC(c1sccc1Br)C(F)F. The van der Waals surface area contributed by atoms with E-state index in [4.69, 9.17) is 5.73 Å². The van der Waals surface area contributed by atoms with Crippen molar-refractivity contribution in [3.63, 3.8) is 0 Å². The molecule has 0 bridgehead atoms. The molecular weight excluding hydrogens is 236 g/mol. The lowest BCUT2D eigenvalue weighted by molar-refractivity contribution is 0.117. The fourth-order valence-corrected chi connectivity index (χ4v) is 2.30. The first kappa shape index (κ1) is 9.09. The summed E-state index contributed by atoms with van der Waals surface area (Å²) in [6.07, 6.45) is -2.50. The fourth-order valence-electron chi connectivity index (χ4n) is 0.658. The van der Waals surface area contributed by atoms with Crippen LogP contribution in [-0.4, -0.2) is 6.43 Å². The van der Waals surface area contributed by atoms with Crippen molar-refractivity contribution in [3.8, 4) is 0 Å². The average Bonchev–Trinajstić information content (AvgIpc) is 2.33. The van der Waals surface area contributed by atoms with Crippen LogP contribution in [0.25, 0.3) is 0 Å². The molecule has 0 aliphatic rings. The fraction of sp³-hybridized carbons (Fsp3) is 0.333. The Morgan fingerprint density at radius 2 is 2.18 bits per heavy atom. The Morgan fingerprint density at radius 3 is 2.55 bits per heavy atom. The first-order chi connectivity index (χ1) is 5.13. The number of nitrogens with two attached hydrogens (primary N) is 1. The van der Waals surface area contributed by atoms with Crippen molar-refractivity contribution in [2.45, 2.75) is 12.5 Å². The predicted molar refractivity (Wildman–Crippen MR) is 45.0 cm³/mol. The van der Waals surface area contributed by atoms with Crippen molar-refractivity contribution in [2.24, 2.45) is 5.73 Å². The van der Waals surface area contributed by atoms with Gasteiger partial charge in [0.05, 0.1) is 0 Å². The lowest BCUT2D eigenvalue weighted by Crippen LogP contribution is -2.17. The minimum atomic E-state index is -2.50. The summed E-state index contributed by atoms with van der Waals surface area (Å²) in [7, 11) is 0. The van der Waals surface area contributed by atoms with Crippen LogP contribution in [0, 0.1) is 0 Å². The van der Waals surface area contributed by atoms with E-state index in [1.165, 1.54) is 11.3 Å². The van der Waals surface area contributed by atoms with Crippen LogP contribution in [0.4, 0.5) is 8.78 Å². The van der Waals surface area contributed by atoms with Gasteiger partial charge < -0.3 is 5.73 Å². The van der Waals surface area contributed by atoms with E-state index >= 15 is 0 Å². The van der Waals surface area contributed by atoms with Crippen molar-refractivity contribution in [3.05, 3.63) is 20.8 Å². The highest BCUT2D eigenvalue weighted by Crippen LogP contribution is 2.30. The standard InChI is InChI=1S/C6H6BrF2NS/c7-3-1-2-11-5(3)4(10)6(8)9/h1-2,4,6H,10H2. The van der Waals surface area contributed by atoms with E-state index in [1.807, 2.05) is 0 Å². The largest absolute Gasteiger partial charge is 0.319 e. The molecule has 1 unspecified atom stereocenters. The van der Waals surface area contributed by atoms with Crippen LogP contribution in [0.1, 0.15) is 10.9 Å². The molecule has 1 heterocycles. The highest BCUT2D eigenvalue weighted by Gasteiger charge is 2.20. The zero-order chi connectivity index (χ0) is 8.43. The molecule has 11 heavy (non-hydrogen) atoms. The molecule has 0 saturated carbocycles. The van der Waals surface area contributed by atoms with Gasteiger partial charge in [-0.3, -0.25) is 0 Å². The Labute approximate surface area is 75.3 Å². The Hall–Kier alpha value is -0.0000000000000000555. The molecule has 0 saturated heterocycles. The smallest absolute Gasteiger partial charge is 0.258 e. The van der Waals surface area contributed by atoms with Crippen molar-refractivity contribution in [1.82, 2.24) is 0 Å². The van der Waals surface area contributed by atoms with Crippen LogP contribution < -0.4 is 5.73 Å². The molecule has 0 aliphatic carbocycles. The summed E-state index contributed by atoms with van der Waals surface area (Å²) < 4.78 is 24.7. The third kappa shape index (κ3) is 1.98. The molecular formula is C6H6BrF2NS. The van der Waals surface area contributed by atoms with E-state index in [1.54, 1.807) is 11.4 Å². The van der Waals surface area contributed by atoms with Gasteiger partial charge >= 0.3 is 0 Å². The summed E-state index contributed by atoms with van der Waals surface area (Å²) in [5, 5.41) is 1.72. The molecule has 1 atom stereocenters. The lowest BCUT2D eigenvalue weighted by atomic mass is 10.3. The second kappa shape index (κ2) is 3.60. The van der Waals surface area contributed by atoms with Gasteiger partial charge in [-0.25, -0.2) is 8.78 Å². The Balaban J connectivity index is 2.84. The van der Waals surface area contributed by atoms with Crippen molar-refractivity contribution in [2.75, 3.05) is 0 Å². The number of hydrogen-bond acceptors (Lipinski definition) is 2. The van der Waals surface area contributed by atoms with Crippen LogP contribution in [-0.2, 0) is 0 Å². The Morgan fingerprint density at radius 1 is 1.55 bits per heavy atom. The normalized spacial score (nSPS) is 13.9. The van der Waals surface area contributed by atoms with Crippen molar-refractivity contribution in [1.29, 1.82) is 0 Å². The Kier molecular flexibility index (Phi) is 2.98. The molecule has 62 valence electrons. The summed E-state index contributed by atoms with van der Waals surface area (Å²) in [5.74, 6) is 0. The molecule has 2 N–H and O–H groups in total. The zero-order valence-corrected chi connectivity index (χ0v) is 7.83. The quantitative estimate of drug-likeness (QED) is 0.847. The van der Waals surface area contributed by atoms with Gasteiger partial charge in [0.2, 0.25) is 0 Å². The monoisotopic (exact) mass is 241 g/mol. The van der Waals surface area contributed by atoms with Crippen LogP contribution in [0.2, 0.25) is 0 Å². The van der Waals surface area contributed by atoms with E-state index in [0.29, 0.717) is 9.35 Å². The van der Waals surface area contributed by atoms with E-state index in [-0.39, 0.29) is 0 Å². The average molecular weight is 242 g/mol. The van der Waals surface area contributed by atoms with E-state index in [9.17, 15) is 8.78 Å². The van der Waals surface area contributed by atoms with Gasteiger partial charge in [-0.15, -0.1) is 11.3 Å². The molecule has 0 amide bonds. The zero-order valence-electron chi connectivity index (χ0n) is 5.43. The first-order valence-electron chi connectivity index (χ1n) is 2.89. The first-order valence-corrected chi connectivity index (χ1v) is 4.57. The Bertz CT molecular complexity index is 238. The lowest BCUT2D eigenvalue weighted by Gasteiger charge is -2.07. The van der Waals surface area contributed by atoms with E-state index < -0.39 is 12.5 Å². The molecule has 0 fully saturated rings. The van der Waals surface area contributed by atoms with Gasteiger partial charge in [-0.05, 0) is 27.4 Å².